The summed E-state index contributed by atoms with van der Waals surface area (Å²) in [5.74, 6) is -4.64. The zero-order valence-electron chi connectivity index (χ0n) is 14.0. The molecule has 1 atom stereocenters. The van der Waals surface area contributed by atoms with Crippen molar-refractivity contribution >= 4 is 11.8 Å². The summed E-state index contributed by atoms with van der Waals surface area (Å²) in [6, 6.07) is 1.98. The first-order chi connectivity index (χ1) is 11.9. The number of rotatable bonds is 6. The van der Waals surface area contributed by atoms with E-state index in [4.69, 9.17) is 4.74 Å². The van der Waals surface area contributed by atoms with Crippen molar-refractivity contribution in [1.82, 2.24) is 10.2 Å². The molecular formula is C17H21F3N2O3. The Balaban J connectivity index is 1.84. The predicted molar refractivity (Wildman–Crippen MR) is 84.3 cm³/mol. The maximum atomic E-state index is 13.5. The fraction of sp³-hybridized carbons (Fsp3) is 0.529. The number of likely N-dealkylation sites (tertiary alicyclic amines) is 1. The van der Waals surface area contributed by atoms with E-state index in [0.29, 0.717) is 13.0 Å². The fourth-order valence-electron chi connectivity index (χ4n) is 2.77. The molecule has 1 aliphatic heterocycles. The van der Waals surface area contributed by atoms with Crippen LogP contribution in [0.4, 0.5) is 13.2 Å². The minimum Gasteiger partial charge on any atom is -0.372 e. The number of amides is 2. The highest BCUT2D eigenvalue weighted by Crippen LogP contribution is 2.16. The van der Waals surface area contributed by atoms with Crippen LogP contribution in [-0.2, 0) is 20.7 Å². The molecule has 1 N–H and O–H groups in total. The van der Waals surface area contributed by atoms with E-state index in [-0.39, 0.29) is 31.0 Å². The van der Waals surface area contributed by atoms with Crippen molar-refractivity contribution in [2.45, 2.75) is 31.8 Å². The van der Waals surface area contributed by atoms with E-state index >= 15 is 0 Å². The molecule has 1 aromatic rings. The number of carbonyl (C=O) groups excluding carboxylic acids is 2. The third-order valence-corrected chi connectivity index (χ3v) is 4.18. The van der Waals surface area contributed by atoms with Gasteiger partial charge in [0, 0.05) is 20.2 Å². The third kappa shape index (κ3) is 4.94. The molecule has 5 nitrogen and oxygen atoms in total. The van der Waals surface area contributed by atoms with Crippen LogP contribution in [0.1, 0.15) is 24.8 Å². The number of nitrogens with one attached hydrogen (secondary N) is 1. The molecule has 1 fully saturated rings. The van der Waals surface area contributed by atoms with Gasteiger partial charge in [-0.1, -0.05) is 6.07 Å². The van der Waals surface area contributed by atoms with Gasteiger partial charge in [0.2, 0.25) is 5.91 Å². The summed E-state index contributed by atoms with van der Waals surface area (Å²) in [6.45, 7) is 0.416. The summed E-state index contributed by atoms with van der Waals surface area (Å²) in [7, 11) is 1.46. The lowest BCUT2D eigenvalue weighted by molar-refractivity contribution is -0.144. The van der Waals surface area contributed by atoms with Gasteiger partial charge >= 0.3 is 0 Å². The highest BCUT2D eigenvalue weighted by Gasteiger charge is 2.27. The SMILES string of the molecule is COC1CCCCN(CC(=O)NCCc2ccc(F)c(F)c2F)C1=O. The lowest BCUT2D eigenvalue weighted by atomic mass is 10.1. The second kappa shape index (κ2) is 8.84. The fourth-order valence-corrected chi connectivity index (χ4v) is 2.77. The van der Waals surface area contributed by atoms with Gasteiger partial charge in [-0.3, -0.25) is 9.59 Å². The third-order valence-electron chi connectivity index (χ3n) is 4.18. The average molecular weight is 358 g/mol. The summed E-state index contributed by atoms with van der Waals surface area (Å²) in [4.78, 5) is 25.6. The van der Waals surface area contributed by atoms with Gasteiger partial charge < -0.3 is 15.0 Å². The average Bonchev–Trinajstić information content (AvgIpc) is 2.76. The normalized spacial score (nSPS) is 18.2. The van der Waals surface area contributed by atoms with E-state index in [2.05, 4.69) is 5.32 Å². The van der Waals surface area contributed by atoms with E-state index in [0.717, 1.165) is 25.0 Å². The van der Waals surface area contributed by atoms with E-state index in [1.165, 1.54) is 12.0 Å². The van der Waals surface area contributed by atoms with Crippen molar-refractivity contribution in [3.05, 3.63) is 35.1 Å². The van der Waals surface area contributed by atoms with Crippen LogP contribution in [0.15, 0.2) is 12.1 Å². The molecule has 0 aliphatic carbocycles. The molecule has 0 spiro atoms. The molecule has 1 heterocycles. The van der Waals surface area contributed by atoms with Gasteiger partial charge in [-0.25, -0.2) is 13.2 Å². The molecule has 0 bridgehead atoms. The molecule has 2 amide bonds. The summed E-state index contributed by atoms with van der Waals surface area (Å²) < 4.78 is 44.7. The standard InChI is InChI=1S/C17H21F3N2O3/c1-25-13-4-2-3-9-22(17(13)24)10-14(23)21-8-7-11-5-6-12(18)16(20)15(11)19/h5-6,13H,2-4,7-10H2,1H3,(H,21,23). The minimum absolute atomic E-state index is 0.0173. The number of carbonyl (C=O) groups is 2. The molecule has 0 saturated carbocycles. The second-order valence-electron chi connectivity index (χ2n) is 5.91. The highest BCUT2D eigenvalue weighted by molar-refractivity contribution is 5.87. The number of methoxy groups -OCH3 is 1. The summed E-state index contributed by atoms with van der Waals surface area (Å²) in [5, 5.41) is 2.56. The van der Waals surface area contributed by atoms with Crippen molar-refractivity contribution in [2.24, 2.45) is 0 Å². The zero-order chi connectivity index (χ0) is 18.4. The lowest BCUT2D eigenvalue weighted by Crippen LogP contribution is -2.45. The van der Waals surface area contributed by atoms with Crippen LogP contribution in [-0.4, -0.2) is 49.6 Å². The van der Waals surface area contributed by atoms with E-state index in [1.54, 1.807) is 0 Å². The number of hydrogen-bond acceptors (Lipinski definition) is 3. The first-order valence-corrected chi connectivity index (χ1v) is 8.14. The van der Waals surface area contributed by atoms with E-state index in [1.807, 2.05) is 0 Å². The van der Waals surface area contributed by atoms with Gasteiger partial charge in [0.25, 0.3) is 5.91 Å². The maximum Gasteiger partial charge on any atom is 0.252 e. The van der Waals surface area contributed by atoms with Gasteiger partial charge in [0.1, 0.15) is 6.10 Å². The summed E-state index contributed by atoms with van der Waals surface area (Å²) >= 11 is 0. The van der Waals surface area contributed by atoms with Crippen LogP contribution in [0.5, 0.6) is 0 Å². The van der Waals surface area contributed by atoms with E-state index in [9.17, 15) is 22.8 Å². The molecule has 2 rings (SSSR count). The van der Waals surface area contributed by atoms with Crippen molar-refractivity contribution in [3.63, 3.8) is 0 Å². The molecule has 25 heavy (non-hydrogen) atoms. The first kappa shape index (κ1) is 19.2. The Kier molecular flexibility index (Phi) is 6.81. The Hall–Kier alpha value is -2.09. The molecule has 1 aliphatic rings. The van der Waals surface area contributed by atoms with Gasteiger partial charge in [-0.15, -0.1) is 0 Å². The van der Waals surface area contributed by atoms with Gasteiger partial charge in [-0.2, -0.15) is 0 Å². The van der Waals surface area contributed by atoms with Gasteiger partial charge in [0.15, 0.2) is 17.5 Å². The number of nitrogens with zero attached hydrogens (tertiary/aromatic N) is 1. The predicted octanol–water partition coefficient (Wildman–Crippen LogP) is 1.79. The Morgan fingerprint density at radius 2 is 2.04 bits per heavy atom. The Bertz CT molecular complexity index is 640. The zero-order valence-corrected chi connectivity index (χ0v) is 14.0. The van der Waals surface area contributed by atoms with Crippen LogP contribution in [0.2, 0.25) is 0 Å². The summed E-state index contributed by atoms with van der Waals surface area (Å²) in [6.07, 6.45) is 1.75. The number of halogens is 3. The maximum absolute atomic E-state index is 13.5. The molecule has 1 aromatic carbocycles. The van der Waals surface area contributed by atoms with Crippen LogP contribution < -0.4 is 5.32 Å². The smallest absolute Gasteiger partial charge is 0.252 e. The van der Waals surface area contributed by atoms with Crippen LogP contribution in [0, 0.1) is 17.5 Å². The lowest BCUT2D eigenvalue weighted by Gasteiger charge is -2.23. The number of ether oxygens (including phenoxy) is 1. The van der Waals surface area contributed by atoms with Crippen LogP contribution >= 0.6 is 0 Å². The van der Waals surface area contributed by atoms with Crippen LogP contribution in [0.25, 0.3) is 0 Å². The van der Waals surface area contributed by atoms with Crippen LogP contribution in [0.3, 0.4) is 0 Å². The quantitative estimate of drug-likeness (QED) is 0.789. The molecule has 1 unspecified atom stereocenters. The van der Waals surface area contributed by atoms with Gasteiger partial charge in [-0.05, 0) is 37.3 Å². The van der Waals surface area contributed by atoms with Crippen molar-refractivity contribution in [1.29, 1.82) is 0 Å². The van der Waals surface area contributed by atoms with Gasteiger partial charge in [0.05, 0.1) is 6.54 Å². The Morgan fingerprint density at radius 1 is 1.28 bits per heavy atom. The summed E-state index contributed by atoms with van der Waals surface area (Å²) in [5.41, 5.74) is -0.0236. The Labute approximate surface area is 144 Å². The molecular weight excluding hydrogens is 337 g/mol. The molecule has 0 radical (unpaired) electrons. The largest absolute Gasteiger partial charge is 0.372 e. The van der Waals surface area contributed by atoms with Crippen molar-refractivity contribution in [3.8, 4) is 0 Å². The number of benzene rings is 1. The topological polar surface area (TPSA) is 58.6 Å². The Morgan fingerprint density at radius 3 is 2.76 bits per heavy atom. The molecule has 138 valence electrons. The molecule has 8 heteroatoms. The molecule has 0 aromatic heterocycles. The minimum atomic E-state index is -1.52. The molecule has 1 saturated heterocycles. The number of hydrogen-bond donors (Lipinski definition) is 1. The monoisotopic (exact) mass is 358 g/mol. The van der Waals surface area contributed by atoms with Crippen molar-refractivity contribution < 1.29 is 27.5 Å². The second-order valence-corrected chi connectivity index (χ2v) is 5.91. The van der Waals surface area contributed by atoms with Crippen molar-refractivity contribution in [2.75, 3.05) is 26.7 Å². The highest BCUT2D eigenvalue weighted by atomic mass is 19.2. The first-order valence-electron chi connectivity index (χ1n) is 8.14. The van der Waals surface area contributed by atoms with E-state index < -0.39 is 29.5 Å².